The van der Waals surface area contributed by atoms with Gasteiger partial charge in [0, 0.05) is 19.0 Å². The maximum atomic E-state index is 6.30. The molecule has 2 rings (SSSR count). The van der Waals surface area contributed by atoms with Crippen molar-refractivity contribution < 1.29 is 0 Å². The summed E-state index contributed by atoms with van der Waals surface area (Å²) in [6, 6.07) is 6.57. The second kappa shape index (κ2) is 4.97. The van der Waals surface area contributed by atoms with Gasteiger partial charge in [0.2, 0.25) is 0 Å². The van der Waals surface area contributed by atoms with E-state index in [9.17, 15) is 0 Å². The van der Waals surface area contributed by atoms with Crippen LogP contribution in [0, 0.1) is 12.3 Å². The average molecular weight is 259 g/mol. The van der Waals surface area contributed by atoms with E-state index < -0.39 is 0 Å². The van der Waals surface area contributed by atoms with Crippen molar-refractivity contribution in [2.24, 2.45) is 11.1 Å². The molecule has 0 fully saturated rings. The van der Waals surface area contributed by atoms with Gasteiger partial charge in [0.1, 0.15) is 5.82 Å². The van der Waals surface area contributed by atoms with Crippen LogP contribution in [0.2, 0.25) is 0 Å². The van der Waals surface area contributed by atoms with Gasteiger partial charge in [-0.05, 0) is 37.0 Å². The van der Waals surface area contributed by atoms with Crippen molar-refractivity contribution in [3.8, 4) is 0 Å². The van der Waals surface area contributed by atoms with Crippen molar-refractivity contribution in [2.45, 2.75) is 53.6 Å². The molecule has 0 spiro atoms. The number of imidazole rings is 1. The minimum atomic E-state index is 0.104. The smallest absolute Gasteiger partial charge is 0.111 e. The predicted molar refractivity (Wildman–Crippen MR) is 81.3 cm³/mol. The fourth-order valence-electron chi connectivity index (χ4n) is 2.30. The molecule has 1 aromatic heterocycles. The molecule has 0 aliphatic rings. The van der Waals surface area contributed by atoms with E-state index in [1.54, 1.807) is 0 Å². The van der Waals surface area contributed by atoms with Crippen LogP contribution in [-0.2, 0) is 13.0 Å². The minimum absolute atomic E-state index is 0.104. The molecule has 0 saturated heterocycles. The highest BCUT2D eigenvalue weighted by molar-refractivity contribution is 5.76. The Bertz CT molecular complexity index is 575. The Morgan fingerprint density at radius 3 is 2.58 bits per heavy atom. The number of nitrogens with two attached hydrogens (primary N) is 1. The predicted octanol–water partition coefficient (Wildman–Crippen LogP) is 3.28. The van der Waals surface area contributed by atoms with Crippen molar-refractivity contribution in [2.75, 3.05) is 0 Å². The molecule has 0 saturated carbocycles. The molecule has 0 aliphatic carbocycles. The van der Waals surface area contributed by atoms with Crippen LogP contribution in [0.4, 0.5) is 0 Å². The maximum Gasteiger partial charge on any atom is 0.111 e. The highest BCUT2D eigenvalue weighted by Crippen LogP contribution is 2.23. The lowest BCUT2D eigenvalue weighted by atomic mass is 9.85. The Morgan fingerprint density at radius 2 is 2.00 bits per heavy atom. The van der Waals surface area contributed by atoms with Crippen LogP contribution in [0.1, 0.15) is 39.1 Å². The van der Waals surface area contributed by atoms with Crippen molar-refractivity contribution in [1.82, 2.24) is 9.55 Å². The quantitative estimate of drug-likeness (QED) is 0.919. The number of hydrogen-bond acceptors (Lipinski definition) is 2. The Labute approximate surface area is 115 Å². The van der Waals surface area contributed by atoms with Crippen molar-refractivity contribution in [3.05, 3.63) is 29.6 Å². The first-order valence-electron chi connectivity index (χ1n) is 7.04. The highest BCUT2D eigenvalue weighted by Gasteiger charge is 2.23. The fraction of sp³-hybridized carbons (Fsp3) is 0.562. The normalized spacial score (nSPS) is 14.0. The number of nitrogens with zero attached hydrogens (tertiary/aromatic N) is 2. The van der Waals surface area contributed by atoms with E-state index in [1.807, 2.05) is 0 Å². The molecular weight excluding hydrogens is 234 g/mol. The second-order valence-corrected chi connectivity index (χ2v) is 6.44. The lowest BCUT2D eigenvalue weighted by Crippen LogP contribution is -2.37. The number of hydrogen-bond donors (Lipinski definition) is 1. The van der Waals surface area contributed by atoms with Gasteiger partial charge >= 0.3 is 0 Å². The molecular formula is C16H25N3. The van der Waals surface area contributed by atoms with Gasteiger partial charge in [-0.1, -0.05) is 26.8 Å². The standard InChI is InChI=1S/C16H25N3/c1-6-19-13-8-7-11(2)9-12(13)18-15(19)10-14(17)16(3,4)5/h7-9,14H,6,10,17H2,1-5H3. The second-order valence-electron chi connectivity index (χ2n) is 6.44. The van der Waals surface area contributed by atoms with E-state index >= 15 is 0 Å². The summed E-state index contributed by atoms with van der Waals surface area (Å²) in [5.74, 6) is 1.10. The minimum Gasteiger partial charge on any atom is -0.328 e. The Balaban J connectivity index is 2.43. The molecule has 3 nitrogen and oxygen atoms in total. The molecule has 2 N–H and O–H groups in total. The summed E-state index contributed by atoms with van der Waals surface area (Å²) in [6.45, 7) is 11.7. The van der Waals surface area contributed by atoms with Gasteiger partial charge in [-0.2, -0.15) is 0 Å². The van der Waals surface area contributed by atoms with E-state index in [0.29, 0.717) is 0 Å². The topological polar surface area (TPSA) is 43.8 Å². The first-order chi connectivity index (χ1) is 8.82. The monoisotopic (exact) mass is 259 g/mol. The number of aryl methyl sites for hydroxylation is 2. The molecule has 0 amide bonds. The maximum absolute atomic E-state index is 6.30. The van der Waals surface area contributed by atoms with Crippen LogP contribution in [0.25, 0.3) is 11.0 Å². The number of aromatic nitrogens is 2. The van der Waals surface area contributed by atoms with Crippen LogP contribution in [0.5, 0.6) is 0 Å². The molecule has 19 heavy (non-hydrogen) atoms. The Morgan fingerprint density at radius 1 is 1.32 bits per heavy atom. The van der Waals surface area contributed by atoms with E-state index in [4.69, 9.17) is 10.7 Å². The third kappa shape index (κ3) is 2.81. The lowest BCUT2D eigenvalue weighted by Gasteiger charge is -2.26. The summed E-state index contributed by atoms with van der Waals surface area (Å²) < 4.78 is 2.28. The summed E-state index contributed by atoms with van der Waals surface area (Å²) in [4.78, 5) is 4.78. The van der Waals surface area contributed by atoms with Gasteiger partial charge in [-0.15, -0.1) is 0 Å². The van der Waals surface area contributed by atoms with E-state index in [1.165, 1.54) is 11.1 Å². The molecule has 2 aromatic rings. The summed E-state index contributed by atoms with van der Waals surface area (Å²) in [5, 5.41) is 0. The van der Waals surface area contributed by atoms with Crippen LogP contribution in [0.15, 0.2) is 18.2 Å². The average Bonchev–Trinajstić information content (AvgIpc) is 2.63. The largest absolute Gasteiger partial charge is 0.328 e. The molecule has 0 aliphatic heterocycles. The number of rotatable bonds is 3. The van der Waals surface area contributed by atoms with Gasteiger partial charge in [0.25, 0.3) is 0 Å². The lowest BCUT2D eigenvalue weighted by molar-refractivity contribution is 0.313. The Hall–Kier alpha value is -1.35. The first-order valence-corrected chi connectivity index (χ1v) is 7.04. The van der Waals surface area contributed by atoms with E-state index in [2.05, 4.69) is 57.4 Å². The highest BCUT2D eigenvalue weighted by atomic mass is 15.1. The summed E-state index contributed by atoms with van der Waals surface area (Å²) >= 11 is 0. The molecule has 1 unspecified atom stereocenters. The zero-order valence-electron chi connectivity index (χ0n) is 12.7. The van der Waals surface area contributed by atoms with Crippen LogP contribution in [0.3, 0.4) is 0 Å². The van der Waals surface area contributed by atoms with Crippen molar-refractivity contribution >= 4 is 11.0 Å². The van der Waals surface area contributed by atoms with Gasteiger partial charge in [0.05, 0.1) is 11.0 Å². The molecule has 3 heteroatoms. The molecule has 0 bridgehead atoms. The van der Waals surface area contributed by atoms with Crippen molar-refractivity contribution in [3.63, 3.8) is 0 Å². The molecule has 104 valence electrons. The summed E-state index contributed by atoms with van der Waals surface area (Å²) in [5.41, 5.74) is 9.95. The van der Waals surface area contributed by atoms with E-state index in [0.717, 1.165) is 24.3 Å². The van der Waals surface area contributed by atoms with Gasteiger partial charge in [-0.25, -0.2) is 4.98 Å². The molecule has 0 radical (unpaired) electrons. The van der Waals surface area contributed by atoms with Crippen LogP contribution >= 0.6 is 0 Å². The summed E-state index contributed by atoms with van der Waals surface area (Å²) in [6.07, 6.45) is 0.824. The zero-order chi connectivity index (χ0) is 14.2. The molecule has 1 atom stereocenters. The third-order valence-corrected chi connectivity index (χ3v) is 3.81. The Kier molecular flexibility index (Phi) is 3.68. The van der Waals surface area contributed by atoms with Crippen molar-refractivity contribution in [1.29, 1.82) is 0 Å². The number of fused-ring (bicyclic) bond motifs is 1. The summed E-state index contributed by atoms with van der Waals surface area (Å²) in [7, 11) is 0. The van der Waals surface area contributed by atoms with E-state index in [-0.39, 0.29) is 11.5 Å². The SMILES string of the molecule is CCn1c(CC(N)C(C)(C)C)nc2cc(C)ccc21. The van der Waals surface area contributed by atoms with Crippen LogP contribution in [-0.4, -0.2) is 15.6 Å². The fourth-order valence-corrected chi connectivity index (χ4v) is 2.30. The number of benzene rings is 1. The van der Waals surface area contributed by atoms with Crippen LogP contribution < -0.4 is 5.73 Å². The first kappa shape index (κ1) is 14.1. The van der Waals surface area contributed by atoms with Gasteiger partial charge < -0.3 is 10.3 Å². The van der Waals surface area contributed by atoms with Gasteiger partial charge in [-0.3, -0.25) is 0 Å². The third-order valence-electron chi connectivity index (χ3n) is 3.81. The zero-order valence-corrected chi connectivity index (χ0v) is 12.7. The molecule has 1 aromatic carbocycles. The van der Waals surface area contributed by atoms with Gasteiger partial charge in [0.15, 0.2) is 0 Å². The molecule has 1 heterocycles.